The quantitative estimate of drug-likeness (QED) is 0.555. The third-order valence-electron chi connectivity index (χ3n) is 6.52. The number of carbonyl (C=O) groups is 1. The molecule has 0 amide bonds. The zero-order chi connectivity index (χ0) is 22.3. The molecule has 6 heteroatoms. The van der Waals surface area contributed by atoms with Gasteiger partial charge in [0.2, 0.25) is 5.75 Å². The van der Waals surface area contributed by atoms with Gasteiger partial charge < -0.3 is 14.2 Å². The molecule has 6 nitrogen and oxygen atoms in total. The lowest BCUT2D eigenvalue weighted by Gasteiger charge is -2.35. The van der Waals surface area contributed by atoms with Crippen LogP contribution in [0, 0.1) is 5.92 Å². The Hall–Kier alpha value is -3.54. The molecule has 0 saturated heterocycles. The number of benzene rings is 2. The van der Waals surface area contributed by atoms with Gasteiger partial charge in [-0.15, -0.1) is 0 Å². The van der Waals surface area contributed by atoms with Gasteiger partial charge in [-0.2, -0.15) is 5.10 Å². The number of ketones is 1. The van der Waals surface area contributed by atoms with Crippen molar-refractivity contribution < 1.29 is 19.0 Å². The number of allylic oxidation sites excluding steroid dienone is 1. The van der Waals surface area contributed by atoms with Crippen LogP contribution >= 0.6 is 0 Å². The maximum Gasteiger partial charge on any atom is 0.203 e. The molecular formula is C26H26N2O4. The van der Waals surface area contributed by atoms with Crippen molar-refractivity contribution in [2.75, 3.05) is 21.3 Å². The Morgan fingerprint density at radius 1 is 1.00 bits per heavy atom. The van der Waals surface area contributed by atoms with Gasteiger partial charge in [-0.05, 0) is 36.1 Å². The van der Waals surface area contributed by atoms with Crippen molar-refractivity contribution in [3.63, 3.8) is 0 Å². The predicted octanol–water partition coefficient (Wildman–Crippen LogP) is 4.58. The number of nitrogens with one attached hydrogen (secondary N) is 1. The fourth-order valence-corrected chi connectivity index (χ4v) is 4.63. The van der Waals surface area contributed by atoms with Crippen LogP contribution in [-0.4, -0.2) is 37.3 Å². The number of aromatic nitrogens is 2. The van der Waals surface area contributed by atoms with E-state index in [1.165, 1.54) is 0 Å². The Bertz CT molecular complexity index is 1170. The molecule has 3 aromatic rings. The van der Waals surface area contributed by atoms with E-state index in [4.69, 9.17) is 14.2 Å². The summed E-state index contributed by atoms with van der Waals surface area (Å²) in [5.41, 5.74) is 4.05. The summed E-state index contributed by atoms with van der Waals surface area (Å²) in [4.78, 5) is 12.7. The third kappa shape index (κ3) is 3.18. The topological polar surface area (TPSA) is 73.4 Å². The molecule has 2 aliphatic rings. The first kappa shape index (κ1) is 20.4. The summed E-state index contributed by atoms with van der Waals surface area (Å²) >= 11 is 0. The molecular weight excluding hydrogens is 404 g/mol. The normalized spacial score (nSPS) is 19.3. The number of hydrogen-bond acceptors (Lipinski definition) is 5. The fraction of sp³-hybridized carbons (Fsp3) is 0.308. The standard InChI is InChI=1S/C26H26N2O4/c1-30-21-13-18(14-22(31-2)25(21)32-3)26(17-7-5-4-6-8-17)12-11-19-20(15-26)27-28-23(19)24(29)16-9-10-16/h4-8,11-14,16H,9-10,15H2,1-3H3,(H,27,28). The molecule has 0 radical (unpaired) electrons. The van der Waals surface area contributed by atoms with Crippen LogP contribution in [0.2, 0.25) is 0 Å². The third-order valence-corrected chi connectivity index (χ3v) is 6.52. The van der Waals surface area contributed by atoms with Gasteiger partial charge in [0.1, 0.15) is 5.69 Å². The molecule has 32 heavy (non-hydrogen) atoms. The summed E-state index contributed by atoms with van der Waals surface area (Å²) < 4.78 is 16.8. The zero-order valence-corrected chi connectivity index (χ0v) is 18.5. The van der Waals surface area contributed by atoms with Crippen molar-refractivity contribution in [1.82, 2.24) is 10.2 Å². The monoisotopic (exact) mass is 430 g/mol. The Morgan fingerprint density at radius 3 is 2.28 bits per heavy atom. The Balaban J connectivity index is 1.68. The van der Waals surface area contributed by atoms with Crippen LogP contribution in [0.15, 0.2) is 48.5 Å². The molecule has 1 fully saturated rings. The van der Waals surface area contributed by atoms with E-state index in [-0.39, 0.29) is 11.7 Å². The minimum atomic E-state index is -0.493. The van der Waals surface area contributed by atoms with Crippen LogP contribution in [0.1, 0.15) is 45.7 Å². The van der Waals surface area contributed by atoms with Gasteiger partial charge >= 0.3 is 0 Å². The lowest BCUT2D eigenvalue weighted by molar-refractivity contribution is 0.0962. The van der Waals surface area contributed by atoms with Gasteiger partial charge in [0, 0.05) is 29.0 Å². The van der Waals surface area contributed by atoms with E-state index in [1.807, 2.05) is 36.4 Å². The summed E-state index contributed by atoms with van der Waals surface area (Å²) in [6.45, 7) is 0. The van der Waals surface area contributed by atoms with Crippen LogP contribution < -0.4 is 14.2 Å². The maximum absolute atomic E-state index is 12.7. The highest BCUT2D eigenvalue weighted by Gasteiger charge is 2.40. The summed E-state index contributed by atoms with van der Waals surface area (Å²) in [7, 11) is 4.84. The summed E-state index contributed by atoms with van der Waals surface area (Å²) in [5.74, 6) is 2.04. The lowest BCUT2D eigenvalue weighted by Crippen LogP contribution is -2.31. The summed E-state index contributed by atoms with van der Waals surface area (Å²) in [5, 5.41) is 7.57. The second kappa shape index (κ2) is 7.86. The van der Waals surface area contributed by atoms with Gasteiger partial charge in [-0.1, -0.05) is 42.5 Å². The molecule has 1 unspecified atom stereocenters. The second-order valence-corrected chi connectivity index (χ2v) is 8.36. The van der Waals surface area contributed by atoms with E-state index in [1.54, 1.807) is 21.3 Å². The van der Waals surface area contributed by atoms with Crippen molar-refractivity contribution in [2.24, 2.45) is 5.92 Å². The number of nitrogens with zero attached hydrogens (tertiary/aromatic N) is 1. The SMILES string of the molecule is COc1cc(C2(c3ccccc3)C=Cc3c(C(=O)C4CC4)n[nH]c3C2)cc(OC)c1OC. The van der Waals surface area contributed by atoms with Crippen LogP contribution in [0.3, 0.4) is 0 Å². The number of ether oxygens (including phenoxy) is 3. The van der Waals surface area contributed by atoms with E-state index < -0.39 is 5.41 Å². The average Bonchev–Trinajstić information content (AvgIpc) is 3.62. The first-order chi connectivity index (χ1) is 15.6. The first-order valence-electron chi connectivity index (χ1n) is 10.8. The molecule has 1 aromatic heterocycles. The van der Waals surface area contributed by atoms with Crippen molar-refractivity contribution in [3.8, 4) is 17.2 Å². The van der Waals surface area contributed by atoms with Crippen LogP contribution in [-0.2, 0) is 11.8 Å². The molecule has 1 heterocycles. The van der Waals surface area contributed by atoms with Crippen molar-refractivity contribution in [3.05, 3.63) is 76.6 Å². The van der Waals surface area contributed by atoms with Gasteiger partial charge in [0.05, 0.1) is 21.3 Å². The largest absolute Gasteiger partial charge is 0.493 e. The zero-order valence-electron chi connectivity index (χ0n) is 18.5. The number of methoxy groups -OCH3 is 3. The highest BCUT2D eigenvalue weighted by atomic mass is 16.5. The van der Waals surface area contributed by atoms with Gasteiger partial charge in [0.25, 0.3) is 0 Å². The molecule has 1 saturated carbocycles. The first-order valence-corrected chi connectivity index (χ1v) is 10.8. The molecule has 0 bridgehead atoms. The van der Waals surface area contributed by atoms with Crippen LogP contribution in [0.5, 0.6) is 17.2 Å². The fourth-order valence-electron chi connectivity index (χ4n) is 4.63. The lowest BCUT2D eigenvalue weighted by atomic mass is 9.68. The smallest absolute Gasteiger partial charge is 0.203 e. The van der Waals surface area contributed by atoms with Gasteiger partial charge in [-0.25, -0.2) is 0 Å². The molecule has 2 aromatic carbocycles. The number of fused-ring (bicyclic) bond motifs is 1. The highest BCUT2D eigenvalue weighted by molar-refractivity contribution is 6.01. The molecule has 2 aliphatic carbocycles. The molecule has 1 atom stereocenters. The number of hydrogen-bond donors (Lipinski definition) is 1. The maximum atomic E-state index is 12.7. The Kier molecular flexibility index (Phi) is 5.00. The van der Waals surface area contributed by atoms with Crippen molar-refractivity contribution >= 4 is 11.9 Å². The number of Topliss-reactive ketones (excluding diaryl/α,β-unsaturated/α-hetero) is 1. The summed E-state index contributed by atoms with van der Waals surface area (Å²) in [6.07, 6.45) is 6.76. The average molecular weight is 431 g/mol. The number of carbonyl (C=O) groups excluding carboxylic acids is 1. The van der Waals surface area contributed by atoms with Crippen LogP contribution in [0.4, 0.5) is 0 Å². The number of H-pyrrole nitrogens is 1. The molecule has 1 N–H and O–H groups in total. The number of rotatable bonds is 7. The number of aromatic amines is 1. The van der Waals surface area contributed by atoms with E-state index in [9.17, 15) is 4.79 Å². The summed E-state index contributed by atoms with van der Waals surface area (Å²) in [6, 6.07) is 14.3. The predicted molar refractivity (Wildman–Crippen MR) is 122 cm³/mol. The van der Waals surface area contributed by atoms with E-state index in [0.29, 0.717) is 29.4 Å². The van der Waals surface area contributed by atoms with Gasteiger partial charge in [-0.3, -0.25) is 9.89 Å². The van der Waals surface area contributed by atoms with Crippen LogP contribution in [0.25, 0.3) is 6.08 Å². The molecule has 0 spiro atoms. The molecule has 5 rings (SSSR count). The molecule has 164 valence electrons. The minimum absolute atomic E-state index is 0.131. The Labute approximate surface area is 187 Å². The minimum Gasteiger partial charge on any atom is -0.493 e. The highest BCUT2D eigenvalue weighted by Crippen LogP contribution is 2.47. The second-order valence-electron chi connectivity index (χ2n) is 8.36. The Morgan fingerprint density at radius 2 is 1.69 bits per heavy atom. The van der Waals surface area contributed by atoms with E-state index in [0.717, 1.165) is 35.2 Å². The molecule has 0 aliphatic heterocycles. The van der Waals surface area contributed by atoms with E-state index >= 15 is 0 Å². The van der Waals surface area contributed by atoms with E-state index in [2.05, 4.69) is 28.4 Å². The van der Waals surface area contributed by atoms with Crippen molar-refractivity contribution in [2.45, 2.75) is 24.7 Å². The van der Waals surface area contributed by atoms with Crippen molar-refractivity contribution in [1.29, 1.82) is 0 Å². The van der Waals surface area contributed by atoms with Gasteiger partial charge in [0.15, 0.2) is 17.3 Å².